The van der Waals surface area contributed by atoms with Crippen molar-refractivity contribution in [2.75, 3.05) is 12.3 Å². The molecule has 1 aromatic heterocycles. The highest BCUT2D eigenvalue weighted by Gasteiger charge is 2.23. The molecule has 0 atom stereocenters. The van der Waals surface area contributed by atoms with Crippen molar-refractivity contribution in [1.29, 1.82) is 5.26 Å². The van der Waals surface area contributed by atoms with Crippen molar-refractivity contribution in [3.8, 4) is 6.07 Å². The van der Waals surface area contributed by atoms with E-state index in [4.69, 9.17) is 5.73 Å². The van der Waals surface area contributed by atoms with E-state index in [0.717, 1.165) is 31.6 Å². The van der Waals surface area contributed by atoms with Gasteiger partial charge in [0.1, 0.15) is 11.1 Å². The number of benzene rings is 1. The third-order valence-electron chi connectivity index (χ3n) is 3.52. The summed E-state index contributed by atoms with van der Waals surface area (Å²) in [5, 5.41) is 9.87. The molecule has 1 aliphatic heterocycles. The number of nitrogens with zero attached hydrogens (tertiary/aromatic N) is 2. The zero-order valence-electron chi connectivity index (χ0n) is 10.6. The fraction of sp³-hybridized carbons (Fsp3) is 0.267. The number of nitriles is 1. The van der Waals surface area contributed by atoms with Crippen LogP contribution in [-0.2, 0) is 19.5 Å². The fourth-order valence-electron chi connectivity index (χ4n) is 2.56. The Bertz CT molecular complexity index is 625. The Morgan fingerprint density at radius 3 is 2.84 bits per heavy atom. The zero-order chi connectivity index (χ0) is 13.2. The molecular weight excluding hydrogens is 254 g/mol. The molecule has 2 heterocycles. The quantitative estimate of drug-likeness (QED) is 0.912. The average Bonchev–Trinajstić information content (AvgIpc) is 2.74. The molecule has 2 aromatic rings. The molecule has 1 aromatic carbocycles. The minimum atomic E-state index is 0.675. The van der Waals surface area contributed by atoms with Gasteiger partial charge in [-0.25, -0.2) is 0 Å². The molecule has 3 nitrogen and oxygen atoms in total. The maximum absolute atomic E-state index is 9.20. The summed E-state index contributed by atoms with van der Waals surface area (Å²) in [6.07, 6.45) is 0.999. The molecule has 0 fully saturated rings. The van der Waals surface area contributed by atoms with Gasteiger partial charge in [-0.3, -0.25) is 4.90 Å². The van der Waals surface area contributed by atoms with Gasteiger partial charge in [0.05, 0.1) is 5.56 Å². The number of thiophene rings is 1. The first-order valence-electron chi connectivity index (χ1n) is 6.34. The van der Waals surface area contributed by atoms with Crippen LogP contribution in [0.2, 0.25) is 0 Å². The van der Waals surface area contributed by atoms with Crippen molar-refractivity contribution >= 4 is 16.3 Å². The molecule has 0 unspecified atom stereocenters. The van der Waals surface area contributed by atoms with Crippen LogP contribution in [0.1, 0.15) is 21.6 Å². The van der Waals surface area contributed by atoms with Crippen molar-refractivity contribution in [1.82, 2.24) is 4.90 Å². The van der Waals surface area contributed by atoms with E-state index in [-0.39, 0.29) is 0 Å². The lowest BCUT2D eigenvalue weighted by molar-refractivity contribution is 0.247. The number of nitrogens with two attached hydrogens (primary N) is 1. The molecule has 3 rings (SSSR count). The molecule has 0 radical (unpaired) electrons. The Morgan fingerprint density at radius 1 is 1.32 bits per heavy atom. The zero-order valence-corrected chi connectivity index (χ0v) is 11.4. The summed E-state index contributed by atoms with van der Waals surface area (Å²) in [4.78, 5) is 3.67. The Hall–Kier alpha value is -1.83. The molecular formula is C15H15N3S. The molecule has 0 aliphatic carbocycles. The lowest BCUT2D eigenvalue weighted by Crippen LogP contribution is -2.29. The van der Waals surface area contributed by atoms with Crippen molar-refractivity contribution in [3.05, 3.63) is 51.9 Å². The van der Waals surface area contributed by atoms with E-state index in [1.54, 1.807) is 11.3 Å². The minimum absolute atomic E-state index is 0.675. The topological polar surface area (TPSA) is 53.1 Å². The number of nitrogen functional groups attached to an aromatic ring is 1. The lowest BCUT2D eigenvalue weighted by atomic mass is 10.0. The van der Waals surface area contributed by atoms with Gasteiger partial charge in [0.15, 0.2) is 0 Å². The Kier molecular flexibility index (Phi) is 3.24. The molecule has 0 spiro atoms. The summed E-state index contributed by atoms with van der Waals surface area (Å²) in [7, 11) is 0. The van der Waals surface area contributed by atoms with Gasteiger partial charge >= 0.3 is 0 Å². The van der Waals surface area contributed by atoms with E-state index in [1.165, 1.54) is 10.4 Å². The third-order valence-corrected chi connectivity index (χ3v) is 4.64. The molecule has 0 saturated carbocycles. The molecule has 0 amide bonds. The van der Waals surface area contributed by atoms with E-state index in [1.807, 2.05) is 6.07 Å². The summed E-state index contributed by atoms with van der Waals surface area (Å²) in [5.74, 6) is 0. The predicted octanol–water partition coefficient (Wildman–Crippen LogP) is 2.76. The van der Waals surface area contributed by atoms with Crippen molar-refractivity contribution in [2.24, 2.45) is 0 Å². The highest BCUT2D eigenvalue weighted by atomic mass is 32.1. The summed E-state index contributed by atoms with van der Waals surface area (Å²) >= 11 is 1.58. The summed E-state index contributed by atoms with van der Waals surface area (Å²) < 4.78 is 0. The van der Waals surface area contributed by atoms with Crippen LogP contribution in [0.3, 0.4) is 0 Å². The summed E-state index contributed by atoms with van der Waals surface area (Å²) in [6, 6.07) is 12.7. The lowest BCUT2D eigenvalue weighted by Gasteiger charge is -2.27. The minimum Gasteiger partial charge on any atom is -0.389 e. The standard InChI is InChI=1S/C15H15N3S/c16-8-12-13-10-18(7-6-14(13)19-15(12)17)9-11-4-2-1-3-5-11/h1-5H,6-7,9-10,17H2. The van der Waals surface area contributed by atoms with E-state index >= 15 is 0 Å². The molecule has 4 heteroatoms. The average molecular weight is 269 g/mol. The van der Waals surface area contributed by atoms with Gasteiger partial charge in [0.25, 0.3) is 0 Å². The molecule has 2 N–H and O–H groups in total. The van der Waals surface area contributed by atoms with E-state index in [0.29, 0.717) is 10.6 Å². The van der Waals surface area contributed by atoms with Crippen LogP contribution in [0.15, 0.2) is 30.3 Å². The van der Waals surface area contributed by atoms with Gasteiger partial charge in [0, 0.05) is 30.1 Å². The Labute approximate surface area is 116 Å². The molecule has 96 valence electrons. The number of hydrogen-bond donors (Lipinski definition) is 1. The van der Waals surface area contributed by atoms with Gasteiger partial charge in [0.2, 0.25) is 0 Å². The molecule has 1 aliphatic rings. The van der Waals surface area contributed by atoms with Crippen molar-refractivity contribution < 1.29 is 0 Å². The maximum atomic E-state index is 9.20. The highest BCUT2D eigenvalue weighted by Crippen LogP contribution is 2.34. The Balaban J connectivity index is 1.81. The molecule has 19 heavy (non-hydrogen) atoms. The van der Waals surface area contributed by atoms with Crippen molar-refractivity contribution in [2.45, 2.75) is 19.5 Å². The number of hydrogen-bond acceptors (Lipinski definition) is 4. The fourth-order valence-corrected chi connectivity index (χ4v) is 3.58. The predicted molar refractivity (Wildman–Crippen MR) is 77.7 cm³/mol. The maximum Gasteiger partial charge on any atom is 0.104 e. The van der Waals surface area contributed by atoms with Crippen LogP contribution in [-0.4, -0.2) is 11.4 Å². The monoisotopic (exact) mass is 269 g/mol. The third kappa shape index (κ3) is 2.35. The van der Waals surface area contributed by atoms with Crippen LogP contribution in [0.25, 0.3) is 0 Å². The van der Waals surface area contributed by atoms with E-state index in [2.05, 4.69) is 35.2 Å². The normalized spacial score (nSPS) is 14.9. The van der Waals surface area contributed by atoms with Gasteiger partial charge in [-0.15, -0.1) is 11.3 Å². The van der Waals surface area contributed by atoms with Crippen LogP contribution in [0, 0.1) is 11.3 Å². The highest BCUT2D eigenvalue weighted by molar-refractivity contribution is 7.16. The number of anilines is 1. The number of rotatable bonds is 2. The smallest absolute Gasteiger partial charge is 0.104 e. The summed E-state index contributed by atoms with van der Waals surface area (Å²) in [5.41, 5.74) is 9.06. The first-order valence-corrected chi connectivity index (χ1v) is 7.16. The van der Waals surface area contributed by atoms with Crippen LogP contribution < -0.4 is 5.73 Å². The Morgan fingerprint density at radius 2 is 2.11 bits per heavy atom. The van der Waals surface area contributed by atoms with Crippen molar-refractivity contribution in [3.63, 3.8) is 0 Å². The largest absolute Gasteiger partial charge is 0.389 e. The molecule has 0 bridgehead atoms. The van der Waals surface area contributed by atoms with Gasteiger partial charge in [-0.05, 0) is 12.0 Å². The van der Waals surface area contributed by atoms with Gasteiger partial charge < -0.3 is 5.73 Å². The number of fused-ring (bicyclic) bond motifs is 1. The first-order chi connectivity index (χ1) is 9.28. The van der Waals surface area contributed by atoms with E-state index in [9.17, 15) is 5.26 Å². The SMILES string of the molecule is N#Cc1c(N)sc2c1CN(Cc1ccccc1)CC2. The first kappa shape index (κ1) is 12.2. The summed E-state index contributed by atoms with van der Waals surface area (Å²) in [6.45, 7) is 2.80. The van der Waals surface area contributed by atoms with Gasteiger partial charge in [-0.2, -0.15) is 5.26 Å². The molecule has 0 saturated heterocycles. The second-order valence-corrected chi connectivity index (χ2v) is 5.94. The second-order valence-electron chi connectivity index (χ2n) is 4.80. The second kappa shape index (κ2) is 5.04. The van der Waals surface area contributed by atoms with Crippen LogP contribution in [0.5, 0.6) is 0 Å². The van der Waals surface area contributed by atoms with Crippen LogP contribution >= 0.6 is 11.3 Å². The van der Waals surface area contributed by atoms with Crippen LogP contribution in [0.4, 0.5) is 5.00 Å². The van der Waals surface area contributed by atoms with Gasteiger partial charge in [-0.1, -0.05) is 30.3 Å². The van der Waals surface area contributed by atoms with E-state index < -0.39 is 0 Å².